The van der Waals surface area contributed by atoms with E-state index in [2.05, 4.69) is 66.4 Å². The van der Waals surface area contributed by atoms with Crippen LogP contribution in [-0.2, 0) is 36.1 Å². The highest BCUT2D eigenvalue weighted by Crippen LogP contribution is 2.12. The summed E-state index contributed by atoms with van der Waals surface area (Å²) in [6, 6.07) is 29.2. The van der Waals surface area contributed by atoms with Gasteiger partial charge < -0.3 is 0 Å². The van der Waals surface area contributed by atoms with E-state index in [1.54, 1.807) is 0 Å². The number of nitrogens with zero attached hydrogens (tertiary/aromatic N) is 1. The Bertz CT molecular complexity index is 772. The van der Waals surface area contributed by atoms with Crippen LogP contribution in [0.1, 0.15) is 29.2 Å². The number of hydrogen-bond acceptors (Lipinski definition) is 3. The van der Waals surface area contributed by atoms with E-state index in [-0.39, 0.29) is 0 Å². The summed E-state index contributed by atoms with van der Waals surface area (Å²) in [4.78, 5) is 13.1. The lowest BCUT2D eigenvalue weighted by Gasteiger charge is -2.20. The molecule has 0 aliphatic rings. The monoisotopic (exact) mass is 361 g/mol. The van der Waals surface area contributed by atoms with Gasteiger partial charge in [0.25, 0.3) is 0 Å². The van der Waals surface area contributed by atoms with Crippen LogP contribution in [-0.4, -0.2) is 11.4 Å². The molecule has 3 nitrogen and oxygen atoms in total. The second-order valence-corrected chi connectivity index (χ2v) is 6.62. The molecule has 0 atom stereocenters. The third-order valence-corrected chi connectivity index (χ3v) is 4.50. The van der Waals surface area contributed by atoms with Gasteiger partial charge in [0.05, 0.1) is 0 Å². The molecule has 0 bridgehead atoms. The van der Waals surface area contributed by atoms with Crippen molar-refractivity contribution in [3.63, 3.8) is 0 Å². The van der Waals surface area contributed by atoms with Crippen molar-refractivity contribution in [3.05, 3.63) is 107 Å². The molecule has 0 aliphatic carbocycles. The summed E-state index contributed by atoms with van der Waals surface area (Å²) < 4.78 is 0. The summed E-state index contributed by atoms with van der Waals surface area (Å²) in [6.45, 7) is 6.05. The van der Waals surface area contributed by atoms with Crippen LogP contribution in [0.3, 0.4) is 0 Å². The zero-order valence-corrected chi connectivity index (χ0v) is 15.9. The van der Waals surface area contributed by atoms with Crippen molar-refractivity contribution in [1.82, 2.24) is 4.90 Å². The minimum Gasteiger partial charge on any atom is -0.295 e. The number of rotatable bonds is 10. The molecule has 0 heterocycles. The summed E-state index contributed by atoms with van der Waals surface area (Å²) >= 11 is 0. The predicted molar refractivity (Wildman–Crippen MR) is 109 cm³/mol. The van der Waals surface area contributed by atoms with E-state index in [1.165, 1.54) is 11.1 Å². The average molecular weight is 361 g/mol. The Morgan fingerprint density at radius 3 is 1.48 bits per heavy atom. The van der Waals surface area contributed by atoms with E-state index in [9.17, 15) is 0 Å². The maximum absolute atomic E-state index is 5.33. The van der Waals surface area contributed by atoms with Crippen LogP contribution in [0.25, 0.3) is 0 Å². The number of hydrogen-bond donors (Lipinski definition) is 0. The quantitative estimate of drug-likeness (QED) is 0.276. The first kappa shape index (κ1) is 19.3. The molecule has 0 aliphatic heterocycles. The van der Waals surface area contributed by atoms with E-state index in [0.29, 0.717) is 13.2 Å². The van der Waals surface area contributed by atoms with Gasteiger partial charge in [0.2, 0.25) is 0 Å². The maximum atomic E-state index is 5.33. The molecule has 27 heavy (non-hydrogen) atoms. The van der Waals surface area contributed by atoms with Gasteiger partial charge in [0.15, 0.2) is 0 Å². The lowest BCUT2D eigenvalue weighted by molar-refractivity contribution is -0.313. The normalized spacial score (nSPS) is 11.0. The molecule has 0 amide bonds. The molecule has 0 radical (unpaired) electrons. The van der Waals surface area contributed by atoms with E-state index < -0.39 is 0 Å². The zero-order valence-electron chi connectivity index (χ0n) is 15.9. The van der Waals surface area contributed by atoms with Crippen molar-refractivity contribution >= 4 is 0 Å². The Balaban J connectivity index is 1.43. The molecule has 3 aromatic carbocycles. The molecular weight excluding hydrogens is 334 g/mol. The molecule has 3 rings (SSSR count). The summed E-state index contributed by atoms with van der Waals surface area (Å²) in [7, 11) is 0. The third-order valence-electron chi connectivity index (χ3n) is 4.50. The van der Waals surface area contributed by atoms with Gasteiger partial charge in [-0.3, -0.25) is 4.90 Å². The highest BCUT2D eigenvalue weighted by molar-refractivity contribution is 5.22. The molecule has 3 aromatic rings. The van der Waals surface area contributed by atoms with Crippen LogP contribution in [0.2, 0.25) is 0 Å². The highest BCUT2D eigenvalue weighted by Gasteiger charge is 2.05. The SMILES string of the molecule is CCN(Cc1ccccc1)Cc1ccc(COOCc2ccccc2)cc1. The second kappa shape index (κ2) is 10.6. The molecule has 0 aromatic heterocycles. The third kappa shape index (κ3) is 6.65. The Kier molecular flexibility index (Phi) is 7.60. The van der Waals surface area contributed by atoms with Gasteiger partial charge in [-0.05, 0) is 28.8 Å². The molecule has 0 unspecified atom stereocenters. The zero-order chi connectivity index (χ0) is 18.7. The first-order valence-corrected chi connectivity index (χ1v) is 9.46. The molecule has 0 saturated heterocycles. The Labute approximate surface area is 162 Å². The number of benzene rings is 3. The van der Waals surface area contributed by atoms with Gasteiger partial charge in [0.1, 0.15) is 13.2 Å². The van der Waals surface area contributed by atoms with Crippen molar-refractivity contribution in [1.29, 1.82) is 0 Å². The van der Waals surface area contributed by atoms with E-state index in [4.69, 9.17) is 9.78 Å². The van der Waals surface area contributed by atoms with Crippen LogP contribution in [0.4, 0.5) is 0 Å². The molecule has 140 valence electrons. The predicted octanol–water partition coefficient (Wildman–Crippen LogP) is 5.36. The first-order valence-electron chi connectivity index (χ1n) is 9.46. The van der Waals surface area contributed by atoms with Gasteiger partial charge in [-0.1, -0.05) is 91.9 Å². The van der Waals surface area contributed by atoms with E-state index in [0.717, 1.165) is 30.8 Å². The molecule has 0 saturated carbocycles. The van der Waals surface area contributed by atoms with Crippen molar-refractivity contribution in [2.24, 2.45) is 0 Å². The summed E-state index contributed by atoms with van der Waals surface area (Å²) in [5, 5.41) is 0. The minimum atomic E-state index is 0.453. The fourth-order valence-corrected chi connectivity index (χ4v) is 2.91. The Morgan fingerprint density at radius 2 is 0.963 bits per heavy atom. The summed E-state index contributed by atoms with van der Waals surface area (Å²) in [5.74, 6) is 0. The minimum absolute atomic E-state index is 0.453. The fraction of sp³-hybridized carbons (Fsp3) is 0.250. The van der Waals surface area contributed by atoms with Crippen molar-refractivity contribution in [3.8, 4) is 0 Å². The summed E-state index contributed by atoms with van der Waals surface area (Å²) in [6.07, 6.45) is 0. The van der Waals surface area contributed by atoms with Gasteiger partial charge in [0, 0.05) is 13.1 Å². The molecule has 0 spiro atoms. The van der Waals surface area contributed by atoms with Gasteiger partial charge in [-0.15, -0.1) is 0 Å². The van der Waals surface area contributed by atoms with Crippen molar-refractivity contribution in [2.75, 3.05) is 6.54 Å². The average Bonchev–Trinajstić information content (AvgIpc) is 2.73. The van der Waals surface area contributed by atoms with Gasteiger partial charge in [-0.25, -0.2) is 9.78 Å². The molecule has 0 N–H and O–H groups in total. The van der Waals surface area contributed by atoms with Crippen LogP contribution >= 0.6 is 0 Å². The lowest BCUT2D eigenvalue weighted by Crippen LogP contribution is -2.22. The second-order valence-electron chi connectivity index (χ2n) is 6.62. The maximum Gasteiger partial charge on any atom is 0.107 e. The Hall–Kier alpha value is -2.46. The largest absolute Gasteiger partial charge is 0.295 e. The molecule has 3 heteroatoms. The summed E-state index contributed by atoms with van der Waals surface area (Å²) in [5.41, 5.74) is 4.87. The smallest absolute Gasteiger partial charge is 0.107 e. The Morgan fingerprint density at radius 1 is 0.556 bits per heavy atom. The fourth-order valence-electron chi connectivity index (χ4n) is 2.91. The standard InChI is InChI=1S/C24H27NO2/c1-2-25(17-21-9-5-3-6-10-21)18-22-13-15-24(16-14-22)20-27-26-19-23-11-7-4-8-12-23/h3-16H,2,17-20H2,1H3. The van der Waals surface area contributed by atoms with Crippen LogP contribution in [0.5, 0.6) is 0 Å². The van der Waals surface area contributed by atoms with Crippen LogP contribution in [0.15, 0.2) is 84.9 Å². The topological polar surface area (TPSA) is 21.7 Å². The first-order chi connectivity index (χ1) is 13.3. The van der Waals surface area contributed by atoms with Crippen molar-refractivity contribution in [2.45, 2.75) is 33.2 Å². The van der Waals surface area contributed by atoms with Crippen LogP contribution in [0, 0.1) is 0 Å². The van der Waals surface area contributed by atoms with Crippen molar-refractivity contribution < 1.29 is 9.78 Å². The van der Waals surface area contributed by atoms with E-state index in [1.807, 2.05) is 30.3 Å². The lowest BCUT2D eigenvalue weighted by atomic mass is 10.1. The molecule has 0 fully saturated rings. The van der Waals surface area contributed by atoms with Crippen LogP contribution < -0.4 is 0 Å². The van der Waals surface area contributed by atoms with Gasteiger partial charge >= 0.3 is 0 Å². The van der Waals surface area contributed by atoms with E-state index >= 15 is 0 Å². The van der Waals surface area contributed by atoms with Gasteiger partial charge in [-0.2, -0.15) is 0 Å². The molecular formula is C24H27NO2. The highest BCUT2D eigenvalue weighted by atomic mass is 17.2.